The van der Waals surface area contributed by atoms with E-state index in [9.17, 15) is 15.0 Å². The van der Waals surface area contributed by atoms with Gasteiger partial charge >= 0.3 is 5.97 Å². The summed E-state index contributed by atoms with van der Waals surface area (Å²) < 4.78 is 5.71. The van der Waals surface area contributed by atoms with E-state index in [2.05, 4.69) is 0 Å². The summed E-state index contributed by atoms with van der Waals surface area (Å²) in [7, 11) is 3.54. The lowest BCUT2D eigenvalue weighted by Crippen LogP contribution is -2.52. The normalized spacial score (nSPS) is 14.9. The van der Waals surface area contributed by atoms with Gasteiger partial charge in [0.25, 0.3) is 0 Å². The third-order valence-electron chi connectivity index (χ3n) is 4.66. The first kappa shape index (κ1) is 17.8. The summed E-state index contributed by atoms with van der Waals surface area (Å²) in [6.45, 7) is 3.63. The summed E-state index contributed by atoms with van der Waals surface area (Å²) in [6.07, 6.45) is 0. The molecule has 1 unspecified atom stereocenters. The predicted molar refractivity (Wildman–Crippen MR) is 92.8 cm³/mol. The maximum Gasteiger partial charge on any atom is 0.324 e. The van der Waals surface area contributed by atoms with Crippen molar-refractivity contribution in [2.24, 2.45) is 0 Å². The molecule has 2 rings (SSSR count). The molecular weight excluding hydrogens is 306 g/mol. The molecule has 5 nitrogen and oxygen atoms in total. The van der Waals surface area contributed by atoms with E-state index in [-0.39, 0.29) is 11.7 Å². The third-order valence-corrected chi connectivity index (χ3v) is 4.66. The van der Waals surface area contributed by atoms with Crippen LogP contribution in [-0.4, -0.2) is 40.7 Å². The number of carboxylic acid groups (broad SMARTS) is 1. The van der Waals surface area contributed by atoms with Gasteiger partial charge in [-0.05, 0) is 63.0 Å². The molecule has 2 aromatic rings. The monoisotopic (exact) mass is 329 g/mol. The van der Waals surface area contributed by atoms with E-state index in [4.69, 9.17) is 4.74 Å². The van der Waals surface area contributed by atoms with Crippen molar-refractivity contribution in [1.29, 1.82) is 0 Å². The summed E-state index contributed by atoms with van der Waals surface area (Å²) in [6, 6.07) is 13.9. The van der Waals surface area contributed by atoms with Gasteiger partial charge in [-0.25, -0.2) is 0 Å². The van der Waals surface area contributed by atoms with E-state index >= 15 is 0 Å². The van der Waals surface area contributed by atoms with Crippen molar-refractivity contribution in [1.82, 2.24) is 4.90 Å². The van der Waals surface area contributed by atoms with Crippen LogP contribution in [-0.2, 0) is 4.79 Å². The lowest BCUT2D eigenvalue weighted by molar-refractivity contribution is -0.150. The average molecular weight is 329 g/mol. The lowest BCUT2D eigenvalue weighted by Gasteiger charge is -2.37. The van der Waals surface area contributed by atoms with Crippen LogP contribution in [0.4, 0.5) is 0 Å². The topological polar surface area (TPSA) is 70.0 Å². The van der Waals surface area contributed by atoms with Crippen molar-refractivity contribution in [2.75, 3.05) is 14.1 Å². The van der Waals surface area contributed by atoms with Gasteiger partial charge in [-0.3, -0.25) is 9.69 Å². The second-order valence-corrected chi connectivity index (χ2v) is 6.23. The summed E-state index contributed by atoms with van der Waals surface area (Å²) in [5.41, 5.74) is -0.0778. The van der Waals surface area contributed by atoms with Gasteiger partial charge in [-0.15, -0.1) is 0 Å². The maximum atomic E-state index is 11.7. The van der Waals surface area contributed by atoms with Crippen LogP contribution in [0.1, 0.15) is 25.3 Å². The van der Waals surface area contributed by atoms with Crippen molar-refractivity contribution in [3.8, 4) is 17.2 Å². The summed E-state index contributed by atoms with van der Waals surface area (Å²) >= 11 is 0. The fourth-order valence-electron chi connectivity index (χ4n) is 2.56. The Morgan fingerprint density at radius 3 is 1.92 bits per heavy atom. The fraction of sp³-hybridized carbons (Fsp3) is 0.316. The molecule has 2 atom stereocenters. The van der Waals surface area contributed by atoms with E-state index in [1.54, 1.807) is 50.2 Å². The molecule has 0 amide bonds. The molecule has 0 aromatic heterocycles. The highest BCUT2D eigenvalue weighted by atomic mass is 16.5. The minimum atomic E-state index is -1.00. The zero-order valence-electron chi connectivity index (χ0n) is 14.4. The molecule has 0 aliphatic heterocycles. The second-order valence-electron chi connectivity index (χ2n) is 6.23. The summed E-state index contributed by atoms with van der Waals surface area (Å²) in [4.78, 5) is 13.4. The molecular formula is C19H23NO4. The van der Waals surface area contributed by atoms with Gasteiger partial charge in [-0.2, -0.15) is 0 Å². The Labute approximate surface area is 142 Å². The first-order valence-electron chi connectivity index (χ1n) is 7.73. The number of benzene rings is 2. The molecule has 0 aliphatic carbocycles. The number of aliphatic carboxylic acids is 1. The Morgan fingerprint density at radius 2 is 1.50 bits per heavy atom. The zero-order chi connectivity index (χ0) is 17.9. The highest BCUT2D eigenvalue weighted by Gasteiger charge is 2.41. The van der Waals surface area contributed by atoms with Crippen LogP contribution in [0.2, 0.25) is 0 Å². The predicted octanol–water partition coefficient (Wildman–Crippen LogP) is 3.69. The smallest absolute Gasteiger partial charge is 0.324 e. The molecule has 0 saturated heterocycles. The highest BCUT2D eigenvalue weighted by Crippen LogP contribution is 2.33. The van der Waals surface area contributed by atoms with Crippen molar-refractivity contribution >= 4 is 5.97 Å². The van der Waals surface area contributed by atoms with Crippen molar-refractivity contribution in [3.63, 3.8) is 0 Å². The summed E-state index contributed by atoms with van der Waals surface area (Å²) in [5, 5.41) is 18.9. The number of hydrogen-bond acceptors (Lipinski definition) is 4. The number of phenolic OH excluding ortho intramolecular Hbond substituents is 1. The van der Waals surface area contributed by atoms with Crippen LogP contribution in [0.25, 0.3) is 0 Å². The Kier molecular flexibility index (Phi) is 5.14. The lowest BCUT2D eigenvalue weighted by atomic mass is 9.81. The SMILES string of the molecule is CC(c1ccc(Oc2ccc(O)cc2)cc1)[C@@](C)(C(=O)O)N(C)C. The van der Waals surface area contributed by atoms with Gasteiger partial charge in [-0.1, -0.05) is 19.1 Å². The van der Waals surface area contributed by atoms with Crippen LogP contribution >= 0.6 is 0 Å². The maximum absolute atomic E-state index is 11.7. The molecule has 0 aliphatic rings. The van der Waals surface area contributed by atoms with E-state index in [1.807, 2.05) is 31.2 Å². The van der Waals surface area contributed by atoms with E-state index in [0.717, 1.165) is 5.56 Å². The van der Waals surface area contributed by atoms with Gasteiger partial charge in [0.2, 0.25) is 0 Å². The number of hydrogen-bond donors (Lipinski definition) is 2. The Balaban J connectivity index is 2.19. The first-order chi connectivity index (χ1) is 11.2. The molecule has 128 valence electrons. The van der Waals surface area contributed by atoms with Crippen LogP contribution in [0, 0.1) is 0 Å². The molecule has 0 bridgehead atoms. The van der Waals surface area contributed by atoms with Gasteiger partial charge in [0.1, 0.15) is 22.8 Å². The molecule has 0 spiro atoms. The summed E-state index contributed by atoms with van der Waals surface area (Å²) in [5.74, 6) is 0.399. The third kappa shape index (κ3) is 3.51. The van der Waals surface area contributed by atoms with E-state index in [1.165, 1.54) is 0 Å². The van der Waals surface area contributed by atoms with Gasteiger partial charge in [0.05, 0.1) is 0 Å². The second kappa shape index (κ2) is 6.93. The number of rotatable bonds is 6. The van der Waals surface area contributed by atoms with Gasteiger partial charge in [0, 0.05) is 5.92 Å². The van der Waals surface area contributed by atoms with Crippen LogP contribution in [0.3, 0.4) is 0 Å². The highest BCUT2D eigenvalue weighted by molar-refractivity contribution is 5.79. The number of phenols is 1. The molecule has 5 heteroatoms. The number of carboxylic acids is 1. The van der Waals surface area contributed by atoms with Crippen molar-refractivity contribution < 1.29 is 19.7 Å². The molecule has 2 N–H and O–H groups in total. The molecule has 0 fully saturated rings. The van der Waals surface area contributed by atoms with Gasteiger partial charge < -0.3 is 14.9 Å². The minimum absolute atomic E-state index is 0.183. The van der Waals surface area contributed by atoms with Crippen molar-refractivity contribution in [2.45, 2.75) is 25.3 Å². The van der Waals surface area contributed by atoms with Crippen LogP contribution < -0.4 is 4.74 Å². The Morgan fingerprint density at radius 1 is 1.04 bits per heavy atom. The Bertz CT molecular complexity index is 694. The molecule has 0 heterocycles. The van der Waals surface area contributed by atoms with Gasteiger partial charge in [0.15, 0.2) is 0 Å². The average Bonchev–Trinajstić information content (AvgIpc) is 2.55. The Hall–Kier alpha value is -2.53. The quantitative estimate of drug-likeness (QED) is 0.846. The minimum Gasteiger partial charge on any atom is -0.508 e. The van der Waals surface area contributed by atoms with Crippen LogP contribution in [0.15, 0.2) is 48.5 Å². The van der Waals surface area contributed by atoms with E-state index < -0.39 is 11.5 Å². The largest absolute Gasteiger partial charge is 0.508 e. The number of likely N-dealkylation sites (N-methyl/N-ethyl adjacent to an activating group) is 1. The number of nitrogens with zero attached hydrogens (tertiary/aromatic N) is 1. The number of carbonyl (C=O) groups is 1. The molecule has 0 saturated carbocycles. The van der Waals surface area contributed by atoms with Crippen molar-refractivity contribution in [3.05, 3.63) is 54.1 Å². The molecule has 24 heavy (non-hydrogen) atoms. The molecule has 0 radical (unpaired) electrons. The number of ether oxygens (including phenoxy) is 1. The zero-order valence-corrected chi connectivity index (χ0v) is 14.4. The van der Waals surface area contributed by atoms with Crippen LogP contribution in [0.5, 0.6) is 17.2 Å². The first-order valence-corrected chi connectivity index (χ1v) is 7.73. The standard InChI is InChI=1S/C19H23NO4/c1-13(19(2,18(22)23)20(3)4)14-5-9-16(10-6-14)24-17-11-7-15(21)8-12-17/h5-13,21H,1-4H3,(H,22,23)/t13?,19-/m0/s1. The number of aromatic hydroxyl groups is 1. The van der Waals surface area contributed by atoms with E-state index in [0.29, 0.717) is 11.5 Å². The fourth-order valence-corrected chi connectivity index (χ4v) is 2.56. The molecule has 2 aromatic carbocycles.